The van der Waals surface area contributed by atoms with E-state index in [4.69, 9.17) is 29.4 Å². The summed E-state index contributed by atoms with van der Waals surface area (Å²) in [6, 6.07) is 0. The zero-order valence-electron chi connectivity index (χ0n) is 26.7. The van der Waals surface area contributed by atoms with Gasteiger partial charge >= 0.3 is 0 Å². The van der Waals surface area contributed by atoms with Crippen molar-refractivity contribution >= 4 is 0 Å². The fraction of sp³-hybridized carbons (Fsp3) is 1.00. The van der Waals surface area contributed by atoms with Crippen LogP contribution in [0.2, 0.25) is 0 Å². The Morgan fingerprint density at radius 1 is 0.791 bits per heavy atom. The third-order valence-electron chi connectivity index (χ3n) is 12.5. The Bertz CT molecular complexity index is 867. The van der Waals surface area contributed by atoms with Gasteiger partial charge < -0.3 is 44.9 Å². The molecule has 0 amide bonds. The third-order valence-corrected chi connectivity index (χ3v) is 12.5. The van der Waals surface area contributed by atoms with E-state index in [-0.39, 0.29) is 66.5 Å². The number of nitrogens with two attached hydrogens (primary N) is 1. The Balaban J connectivity index is 1.15. The highest BCUT2D eigenvalue weighted by Crippen LogP contribution is 2.48. The van der Waals surface area contributed by atoms with Crippen LogP contribution in [0.15, 0.2) is 0 Å². The number of methoxy groups -OCH3 is 2. The van der Waals surface area contributed by atoms with Crippen LogP contribution in [0.3, 0.4) is 0 Å². The van der Waals surface area contributed by atoms with E-state index in [1.807, 2.05) is 14.2 Å². The summed E-state index contributed by atoms with van der Waals surface area (Å²) in [6.45, 7) is 2.86. The molecule has 15 unspecified atom stereocenters. The third kappa shape index (κ3) is 7.62. The average Bonchev–Trinajstić information content (AvgIpc) is 3.01. The largest absolute Gasteiger partial charge is 0.393 e. The molecule has 9 heteroatoms. The molecule has 3 saturated carbocycles. The molecule has 3 aliphatic heterocycles. The number of aliphatic hydroxyl groups excluding tert-OH is 2. The molecule has 0 aromatic heterocycles. The topological polar surface area (TPSA) is 125 Å². The first-order valence-electron chi connectivity index (χ1n) is 17.7. The maximum absolute atomic E-state index is 12.1. The lowest BCUT2D eigenvalue weighted by Crippen LogP contribution is -2.60. The molecule has 9 nitrogen and oxygen atoms in total. The van der Waals surface area contributed by atoms with Crippen molar-refractivity contribution in [1.29, 1.82) is 0 Å². The van der Waals surface area contributed by atoms with E-state index >= 15 is 0 Å². The Hall–Kier alpha value is -0.360. The molecule has 3 aliphatic carbocycles. The zero-order valence-corrected chi connectivity index (χ0v) is 26.7. The van der Waals surface area contributed by atoms with Crippen molar-refractivity contribution in [3.8, 4) is 0 Å². The molecule has 248 valence electrons. The van der Waals surface area contributed by atoms with Crippen molar-refractivity contribution in [2.24, 2.45) is 47.2 Å². The fourth-order valence-corrected chi connectivity index (χ4v) is 10.1. The SMILES string of the molecule is COC1CC(CC2CCCC(O)C2)C2OCC(C3COC4CCC(OC)CC4C3OCCC3CCNC(N)C3)C(O)C2C1. The van der Waals surface area contributed by atoms with Gasteiger partial charge in [-0.05, 0) is 94.9 Å². The van der Waals surface area contributed by atoms with Crippen LogP contribution >= 0.6 is 0 Å². The number of fused-ring (bicyclic) bond motifs is 2. The number of hydrogen-bond acceptors (Lipinski definition) is 9. The van der Waals surface area contributed by atoms with Gasteiger partial charge in [0.2, 0.25) is 0 Å². The lowest BCUT2D eigenvalue weighted by Gasteiger charge is -2.54. The molecule has 0 aromatic carbocycles. The Morgan fingerprint density at radius 2 is 1.60 bits per heavy atom. The summed E-state index contributed by atoms with van der Waals surface area (Å²) in [4.78, 5) is 0. The number of piperidine rings is 1. The molecule has 6 rings (SSSR count). The first-order valence-corrected chi connectivity index (χ1v) is 17.7. The van der Waals surface area contributed by atoms with Crippen LogP contribution in [-0.4, -0.2) is 99.7 Å². The maximum Gasteiger partial charge on any atom is 0.0683 e. The zero-order chi connectivity index (χ0) is 29.9. The van der Waals surface area contributed by atoms with Crippen LogP contribution in [0.1, 0.15) is 83.5 Å². The predicted octanol–water partition coefficient (Wildman–Crippen LogP) is 3.23. The quantitative estimate of drug-likeness (QED) is 0.312. The summed E-state index contributed by atoms with van der Waals surface area (Å²) >= 11 is 0. The van der Waals surface area contributed by atoms with E-state index in [1.54, 1.807) is 0 Å². The molecular weight excluding hydrogens is 548 g/mol. The summed E-state index contributed by atoms with van der Waals surface area (Å²) in [7, 11) is 3.63. The molecule has 5 N–H and O–H groups in total. The van der Waals surface area contributed by atoms with E-state index in [0.717, 1.165) is 90.2 Å². The lowest BCUT2D eigenvalue weighted by molar-refractivity contribution is -0.236. The lowest BCUT2D eigenvalue weighted by atomic mass is 9.64. The highest BCUT2D eigenvalue weighted by molar-refractivity contribution is 5.02. The van der Waals surface area contributed by atoms with Crippen molar-refractivity contribution in [2.45, 2.75) is 132 Å². The molecule has 3 saturated heterocycles. The molecule has 3 heterocycles. The highest BCUT2D eigenvalue weighted by Gasteiger charge is 2.54. The summed E-state index contributed by atoms with van der Waals surface area (Å²) < 4.78 is 32.0. The van der Waals surface area contributed by atoms with Gasteiger partial charge in [-0.1, -0.05) is 12.8 Å². The van der Waals surface area contributed by atoms with Crippen molar-refractivity contribution in [3.05, 3.63) is 0 Å². The molecule has 0 spiro atoms. The van der Waals surface area contributed by atoms with Gasteiger partial charge in [-0.25, -0.2) is 0 Å². The molecule has 43 heavy (non-hydrogen) atoms. The summed E-state index contributed by atoms with van der Waals surface area (Å²) in [5.41, 5.74) is 6.19. The molecule has 0 bridgehead atoms. The van der Waals surface area contributed by atoms with Crippen molar-refractivity contribution in [1.82, 2.24) is 5.32 Å². The highest BCUT2D eigenvalue weighted by atomic mass is 16.5. The Labute approximate surface area is 259 Å². The number of aliphatic hydroxyl groups is 2. The van der Waals surface area contributed by atoms with E-state index in [9.17, 15) is 10.2 Å². The minimum atomic E-state index is -0.475. The smallest absolute Gasteiger partial charge is 0.0683 e. The first kappa shape index (κ1) is 32.6. The molecule has 6 aliphatic rings. The first-order chi connectivity index (χ1) is 20.9. The average molecular weight is 609 g/mol. The fourth-order valence-electron chi connectivity index (χ4n) is 10.1. The van der Waals surface area contributed by atoms with Gasteiger partial charge in [0.05, 0.1) is 62.1 Å². The van der Waals surface area contributed by atoms with E-state index in [2.05, 4.69) is 5.32 Å². The molecular formula is C34H60N2O7. The molecule has 0 aromatic rings. The monoisotopic (exact) mass is 608 g/mol. The number of rotatable bonds is 9. The van der Waals surface area contributed by atoms with Crippen molar-refractivity contribution < 1.29 is 33.9 Å². The number of nitrogens with one attached hydrogen (secondary N) is 1. The van der Waals surface area contributed by atoms with Gasteiger partial charge in [0.1, 0.15) is 0 Å². The van der Waals surface area contributed by atoms with Crippen LogP contribution in [0.25, 0.3) is 0 Å². The summed E-state index contributed by atoms with van der Waals surface area (Å²) in [6.07, 6.45) is 13.1. The van der Waals surface area contributed by atoms with Gasteiger partial charge in [-0.15, -0.1) is 0 Å². The molecule has 0 radical (unpaired) electrons. The molecule has 6 fully saturated rings. The van der Waals surface area contributed by atoms with E-state index < -0.39 is 6.10 Å². The van der Waals surface area contributed by atoms with Gasteiger partial charge in [0.15, 0.2) is 0 Å². The van der Waals surface area contributed by atoms with Crippen LogP contribution in [0, 0.1) is 41.4 Å². The maximum atomic E-state index is 12.1. The predicted molar refractivity (Wildman–Crippen MR) is 163 cm³/mol. The van der Waals surface area contributed by atoms with Crippen molar-refractivity contribution in [3.63, 3.8) is 0 Å². The van der Waals surface area contributed by atoms with Gasteiger partial charge in [0.25, 0.3) is 0 Å². The van der Waals surface area contributed by atoms with Gasteiger partial charge in [-0.3, -0.25) is 0 Å². The standard InChI is InChI=1S/C34H60N2O7/c1-39-24-6-7-30-26(16-24)34(41-11-9-20-8-10-36-31(35)14-20)29(19-42-30)28-18-43-33-22(12-21-4-3-5-23(37)13-21)15-25(40-2)17-27(33)32(28)38/h20-34,36-38H,3-19,35H2,1-2H3. The van der Waals surface area contributed by atoms with Crippen molar-refractivity contribution in [2.75, 3.05) is 40.6 Å². The van der Waals surface area contributed by atoms with Crippen LogP contribution in [0.5, 0.6) is 0 Å². The van der Waals surface area contributed by atoms with E-state index in [0.29, 0.717) is 31.0 Å². The second-order valence-electron chi connectivity index (χ2n) is 15.1. The number of hydrogen-bond donors (Lipinski definition) is 4. The van der Waals surface area contributed by atoms with Crippen LogP contribution in [0.4, 0.5) is 0 Å². The van der Waals surface area contributed by atoms with Gasteiger partial charge in [0, 0.05) is 44.5 Å². The minimum absolute atomic E-state index is 0.0215. The second kappa shape index (κ2) is 15.0. The van der Waals surface area contributed by atoms with E-state index in [1.165, 1.54) is 6.42 Å². The molecule has 15 atom stereocenters. The van der Waals surface area contributed by atoms with Crippen LogP contribution < -0.4 is 11.1 Å². The number of ether oxygens (including phenoxy) is 5. The minimum Gasteiger partial charge on any atom is -0.393 e. The van der Waals surface area contributed by atoms with Crippen LogP contribution in [-0.2, 0) is 23.7 Å². The summed E-state index contributed by atoms with van der Waals surface area (Å²) in [5.74, 6) is 1.83. The second-order valence-corrected chi connectivity index (χ2v) is 15.1. The Morgan fingerprint density at radius 3 is 2.40 bits per heavy atom. The normalized spacial score (nSPS) is 49.2. The summed E-state index contributed by atoms with van der Waals surface area (Å²) in [5, 5.41) is 25.8. The van der Waals surface area contributed by atoms with Gasteiger partial charge in [-0.2, -0.15) is 0 Å². The Kier molecular flexibility index (Phi) is 11.4.